The van der Waals surface area contributed by atoms with Gasteiger partial charge in [0.15, 0.2) is 0 Å². The fraction of sp³-hybridized carbons (Fsp3) is 0.378. The van der Waals surface area contributed by atoms with Gasteiger partial charge in [0.25, 0.3) is 31.9 Å². The lowest BCUT2D eigenvalue weighted by Crippen LogP contribution is -2.49. The molecule has 0 atom stereocenters. The highest BCUT2D eigenvalue weighted by atomic mass is 32.2. The maximum absolute atomic E-state index is 14.3. The van der Waals surface area contributed by atoms with Gasteiger partial charge in [-0.2, -0.15) is 8.78 Å². The predicted molar refractivity (Wildman–Crippen MR) is 259 cm³/mol. The van der Waals surface area contributed by atoms with Crippen LogP contribution in [0.2, 0.25) is 0 Å². The quantitative estimate of drug-likeness (QED) is 0.0703. The van der Waals surface area contributed by atoms with E-state index in [2.05, 4.69) is 24.1 Å². The van der Waals surface area contributed by atoms with E-state index in [1.807, 2.05) is 0 Å². The Bertz CT molecular complexity index is 3350. The largest absolute Gasteiger partial charge is 0.434 e. The molecular formula is C45H46F4N6O11S5. The Labute approximate surface area is 413 Å². The molecule has 17 nitrogen and oxygen atoms in total. The zero-order valence-corrected chi connectivity index (χ0v) is 41.9. The fourth-order valence-electron chi connectivity index (χ4n) is 8.61. The highest BCUT2D eigenvalue weighted by Gasteiger charge is 2.39. The van der Waals surface area contributed by atoms with Crippen LogP contribution in [-0.4, -0.2) is 129 Å². The first-order valence-corrected chi connectivity index (χ1v) is 28.6. The molecule has 6 aromatic rings. The molecule has 2 aliphatic heterocycles. The summed E-state index contributed by atoms with van der Waals surface area (Å²) >= 11 is 2.23. The first-order valence-electron chi connectivity index (χ1n) is 21.8. The average molecular weight is 1080 g/mol. The number of sulfonamides is 2. The number of carbonyl (C=O) groups excluding carboxylic acids is 2. The summed E-state index contributed by atoms with van der Waals surface area (Å²) in [5, 5.41) is 21.6. The van der Waals surface area contributed by atoms with Gasteiger partial charge in [0.2, 0.25) is 5.92 Å². The molecule has 0 radical (unpaired) electrons. The van der Waals surface area contributed by atoms with E-state index in [0.717, 1.165) is 48.0 Å². The molecule has 26 heteroatoms. The van der Waals surface area contributed by atoms with E-state index < -0.39 is 83.4 Å². The van der Waals surface area contributed by atoms with Crippen molar-refractivity contribution in [3.63, 3.8) is 0 Å². The second-order valence-electron chi connectivity index (χ2n) is 17.9. The van der Waals surface area contributed by atoms with Gasteiger partial charge in [0.05, 0.1) is 48.6 Å². The van der Waals surface area contributed by atoms with Crippen molar-refractivity contribution in [3.8, 4) is 16.9 Å². The second-order valence-corrected chi connectivity index (χ2v) is 25.1. The number of aromatic nitrogens is 2. The highest BCUT2D eigenvalue weighted by Crippen LogP contribution is 2.39. The molecule has 2 amide bonds. The number of alkyl halides is 4. The maximum Gasteiger partial charge on any atom is 0.387 e. The number of nitrogens with one attached hydrogen (secondary N) is 2. The molecule has 8 rings (SSSR count). The molecule has 71 heavy (non-hydrogen) atoms. The third-order valence-corrected chi connectivity index (χ3v) is 17.7. The Kier molecular flexibility index (Phi) is 14.2. The van der Waals surface area contributed by atoms with E-state index in [1.165, 1.54) is 63.3 Å². The number of amides is 2. The first kappa shape index (κ1) is 51.8. The maximum atomic E-state index is 14.3. The number of halogens is 4. The average Bonchev–Trinajstić information content (AvgIpc) is 3.97. The molecule has 0 spiro atoms. The summed E-state index contributed by atoms with van der Waals surface area (Å²) in [5.41, 5.74) is 0.354. The fourth-order valence-corrected chi connectivity index (χ4v) is 14.0. The van der Waals surface area contributed by atoms with Gasteiger partial charge in [-0.25, -0.2) is 44.0 Å². The van der Waals surface area contributed by atoms with Gasteiger partial charge in [-0.3, -0.25) is 19.0 Å². The van der Waals surface area contributed by atoms with Crippen molar-refractivity contribution < 1.29 is 67.4 Å². The van der Waals surface area contributed by atoms with Gasteiger partial charge < -0.3 is 24.7 Å². The van der Waals surface area contributed by atoms with Crippen molar-refractivity contribution in [2.45, 2.75) is 79.0 Å². The van der Waals surface area contributed by atoms with Crippen molar-refractivity contribution in [1.82, 2.24) is 19.8 Å². The van der Waals surface area contributed by atoms with Crippen molar-refractivity contribution >= 4 is 96.2 Å². The molecule has 4 aromatic carbocycles. The Morgan fingerprint density at radius 2 is 1.21 bits per heavy atom. The van der Waals surface area contributed by atoms with Crippen molar-refractivity contribution in [3.05, 3.63) is 88.9 Å². The summed E-state index contributed by atoms with van der Waals surface area (Å²) in [6.07, 6.45) is 0.312. The van der Waals surface area contributed by atoms with Crippen LogP contribution in [0.25, 0.3) is 31.6 Å². The van der Waals surface area contributed by atoms with Crippen LogP contribution < -0.4 is 14.2 Å². The highest BCUT2D eigenvalue weighted by molar-refractivity contribution is 7.93. The van der Waals surface area contributed by atoms with E-state index in [0.29, 0.717) is 9.40 Å². The van der Waals surface area contributed by atoms with Crippen LogP contribution in [0.5, 0.6) is 5.75 Å². The normalized spacial score (nSPS) is 16.6. The van der Waals surface area contributed by atoms with Crippen LogP contribution >= 0.6 is 22.7 Å². The van der Waals surface area contributed by atoms with E-state index in [4.69, 9.17) is 0 Å². The topological polar surface area (TPSA) is 243 Å². The Morgan fingerprint density at radius 1 is 0.732 bits per heavy atom. The number of hydrogen-bond acceptors (Lipinski definition) is 15. The summed E-state index contributed by atoms with van der Waals surface area (Å²) in [5.74, 6) is -5.24. The number of hydrogen-bond donors (Lipinski definition) is 4. The van der Waals surface area contributed by atoms with Crippen LogP contribution in [0.15, 0.2) is 87.5 Å². The third-order valence-electron chi connectivity index (χ3n) is 12.3. The van der Waals surface area contributed by atoms with Gasteiger partial charge in [-0.15, -0.1) is 22.7 Å². The summed E-state index contributed by atoms with van der Waals surface area (Å²) < 4.78 is 145. The summed E-state index contributed by atoms with van der Waals surface area (Å²) in [7, 11) is -12.5. The molecule has 4 heterocycles. The lowest BCUT2D eigenvalue weighted by atomic mass is 9.86. The number of aliphatic hydroxyl groups is 2. The van der Waals surface area contributed by atoms with E-state index in [1.54, 1.807) is 12.1 Å². The number of ether oxygens (including phenoxy) is 1. The van der Waals surface area contributed by atoms with Crippen LogP contribution in [0.3, 0.4) is 0 Å². The summed E-state index contributed by atoms with van der Waals surface area (Å²) in [6, 6.07) is 14.7. The number of sulfone groups is 1. The lowest BCUT2D eigenvalue weighted by Gasteiger charge is -2.38. The minimum Gasteiger partial charge on any atom is -0.434 e. The molecule has 2 fully saturated rings. The van der Waals surface area contributed by atoms with Gasteiger partial charge in [-0.1, -0.05) is 0 Å². The molecule has 0 unspecified atom stereocenters. The molecule has 2 aromatic heterocycles. The van der Waals surface area contributed by atoms with Gasteiger partial charge in [0, 0.05) is 56.2 Å². The van der Waals surface area contributed by atoms with Crippen molar-refractivity contribution in [2.75, 3.05) is 47.6 Å². The summed E-state index contributed by atoms with van der Waals surface area (Å²) in [6.45, 7) is -2.60. The van der Waals surface area contributed by atoms with Crippen LogP contribution in [0, 0.1) is 0 Å². The SMILES string of the molecule is CC(F)(F)CCC1(O)CCN(C(=O)c2ccc(NS(=O)(=O)c3cc(-c4cc(S(=O)(=O)Nc5ccc(C(=O)N6CCC(O)(CS(C)(=O)=O)CC6)cc5)c5ncsc5c4)cc4scnc34)cc2OC(F)F)CC1. The third kappa shape index (κ3) is 12.1. The first-order chi connectivity index (χ1) is 33.2. The lowest BCUT2D eigenvalue weighted by molar-refractivity contribution is -0.0577. The molecule has 2 aliphatic rings. The van der Waals surface area contributed by atoms with Crippen LogP contribution in [-0.2, 0) is 29.9 Å². The number of thiazole rings is 2. The molecule has 0 bridgehead atoms. The Morgan fingerprint density at radius 3 is 1.70 bits per heavy atom. The van der Waals surface area contributed by atoms with Gasteiger partial charge >= 0.3 is 6.61 Å². The minimum atomic E-state index is -4.63. The Balaban J connectivity index is 1.02. The van der Waals surface area contributed by atoms with Gasteiger partial charge in [-0.05, 0) is 111 Å². The molecule has 0 aliphatic carbocycles. The van der Waals surface area contributed by atoms with E-state index in [9.17, 15) is 62.6 Å². The molecule has 380 valence electrons. The molecule has 4 N–H and O–H groups in total. The number of nitrogens with zero attached hydrogens (tertiary/aromatic N) is 4. The van der Waals surface area contributed by atoms with Crippen LogP contribution in [0.1, 0.15) is 66.2 Å². The number of piperidine rings is 2. The number of fused-ring (bicyclic) bond motifs is 2. The molecular weight excluding hydrogens is 1040 g/mol. The van der Waals surface area contributed by atoms with Crippen molar-refractivity contribution in [1.29, 1.82) is 0 Å². The number of rotatable bonds is 16. The zero-order valence-electron chi connectivity index (χ0n) is 37.8. The predicted octanol–water partition coefficient (Wildman–Crippen LogP) is 7.19. The monoisotopic (exact) mass is 1080 g/mol. The number of benzene rings is 4. The second kappa shape index (κ2) is 19.5. The number of likely N-dealkylation sites (tertiary alicyclic amines) is 2. The number of anilines is 2. The van der Waals surface area contributed by atoms with Crippen molar-refractivity contribution in [2.24, 2.45) is 0 Å². The van der Waals surface area contributed by atoms with E-state index in [-0.39, 0.29) is 113 Å². The Hall–Kier alpha value is -5.51. The standard InChI is InChI=1S/C45H46F4N6O11S5/c1-43(48,49)9-10-44(58)11-15-55(16-12-44)41(57)32-8-7-31(23-33(32)66-42(46)47)53-71(64,65)37-22-29(20-35-39(37)51-26-68-35)28-19-34-38(50-25-67-34)36(21-28)70(62,63)52-30-5-3-27(4-6-30)40(56)54-17-13-45(59,14-18-54)24-69(2,60)61/h3-8,19-23,25-26,42,52-53,58-59H,9-18,24H2,1-2H3. The molecule has 2 saturated heterocycles. The van der Waals surface area contributed by atoms with E-state index >= 15 is 0 Å². The van der Waals surface area contributed by atoms with Gasteiger partial charge in [0.1, 0.15) is 36.4 Å². The smallest absolute Gasteiger partial charge is 0.387 e. The molecule has 0 saturated carbocycles. The van der Waals surface area contributed by atoms with Crippen LogP contribution in [0.4, 0.5) is 28.9 Å². The minimum absolute atomic E-state index is 0.0398. The summed E-state index contributed by atoms with van der Waals surface area (Å²) in [4.78, 5) is 37.5. The number of carbonyl (C=O) groups is 2. The zero-order chi connectivity index (χ0) is 51.3.